The summed E-state index contributed by atoms with van der Waals surface area (Å²) in [6.07, 6.45) is 2.20. The van der Waals surface area contributed by atoms with Crippen LogP contribution in [0.4, 0.5) is 0 Å². The second-order valence-electron chi connectivity index (χ2n) is 5.01. The molecule has 1 unspecified atom stereocenters. The first kappa shape index (κ1) is 13.4. The molecular formula is C15H16N4O2. The van der Waals surface area contributed by atoms with Crippen LogP contribution >= 0.6 is 0 Å². The number of hydrogen-bond donors (Lipinski definition) is 3. The van der Waals surface area contributed by atoms with Crippen LogP contribution in [0, 0.1) is 0 Å². The molecule has 0 fully saturated rings. The van der Waals surface area contributed by atoms with Gasteiger partial charge in [0.05, 0.1) is 11.6 Å². The number of rotatable bonds is 3. The third-order valence-electron chi connectivity index (χ3n) is 3.52. The standard InChI is InChI=1S/C15H16N4O2/c1-19-11-3-2-6-17-14(11)18-15(19)10(16)7-9-4-5-12(20)13(21)8-9/h2-6,8,10,20-21H,7,16H2,1H3. The van der Waals surface area contributed by atoms with Gasteiger partial charge in [0.1, 0.15) is 5.82 Å². The van der Waals surface area contributed by atoms with E-state index in [9.17, 15) is 10.2 Å². The van der Waals surface area contributed by atoms with E-state index in [0.717, 1.165) is 16.9 Å². The average Bonchev–Trinajstić information content (AvgIpc) is 2.81. The summed E-state index contributed by atoms with van der Waals surface area (Å²) in [4.78, 5) is 8.68. The van der Waals surface area contributed by atoms with E-state index in [1.165, 1.54) is 12.1 Å². The largest absolute Gasteiger partial charge is 0.504 e. The van der Waals surface area contributed by atoms with Gasteiger partial charge in [-0.25, -0.2) is 9.97 Å². The molecule has 21 heavy (non-hydrogen) atoms. The van der Waals surface area contributed by atoms with E-state index in [2.05, 4.69) is 9.97 Å². The molecule has 0 aliphatic heterocycles. The molecule has 0 spiro atoms. The van der Waals surface area contributed by atoms with Crippen molar-refractivity contribution in [1.82, 2.24) is 14.5 Å². The summed E-state index contributed by atoms with van der Waals surface area (Å²) in [5, 5.41) is 18.9. The highest BCUT2D eigenvalue weighted by atomic mass is 16.3. The van der Waals surface area contributed by atoms with Crippen molar-refractivity contribution >= 4 is 11.2 Å². The number of phenols is 2. The van der Waals surface area contributed by atoms with Gasteiger partial charge in [-0.1, -0.05) is 6.07 Å². The van der Waals surface area contributed by atoms with Crippen molar-refractivity contribution in [2.75, 3.05) is 0 Å². The zero-order valence-electron chi connectivity index (χ0n) is 11.6. The Morgan fingerprint density at radius 3 is 2.76 bits per heavy atom. The summed E-state index contributed by atoms with van der Waals surface area (Å²) in [5.74, 6) is 0.446. The average molecular weight is 284 g/mol. The van der Waals surface area contributed by atoms with E-state index in [0.29, 0.717) is 12.1 Å². The number of benzene rings is 1. The Balaban J connectivity index is 1.91. The Bertz CT molecular complexity index is 797. The van der Waals surface area contributed by atoms with Crippen LogP contribution in [0.1, 0.15) is 17.4 Å². The van der Waals surface area contributed by atoms with E-state index in [4.69, 9.17) is 5.73 Å². The summed E-state index contributed by atoms with van der Waals surface area (Å²) < 4.78 is 1.92. The van der Waals surface area contributed by atoms with Gasteiger partial charge in [0.2, 0.25) is 0 Å². The minimum Gasteiger partial charge on any atom is -0.504 e. The Hall–Kier alpha value is -2.60. The summed E-state index contributed by atoms with van der Waals surface area (Å²) >= 11 is 0. The number of nitrogens with two attached hydrogens (primary N) is 1. The number of fused-ring (bicyclic) bond motifs is 1. The third kappa shape index (κ3) is 2.41. The number of phenolic OH excluding ortho intramolecular Hbond substituents is 2. The molecule has 3 rings (SSSR count). The first-order valence-electron chi connectivity index (χ1n) is 6.60. The fourth-order valence-corrected chi connectivity index (χ4v) is 2.42. The van der Waals surface area contributed by atoms with Crippen LogP contribution < -0.4 is 5.73 Å². The van der Waals surface area contributed by atoms with Crippen molar-refractivity contribution in [3.05, 3.63) is 47.9 Å². The monoisotopic (exact) mass is 284 g/mol. The van der Waals surface area contributed by atoms with Crippen molar-refractivity contribution in [1.29, 1.82) is 0 Å². The molecule has 2 aromatic heterocycles. The third-order valence-corrected chi connectivity index (χ3v) is 3.52. The maximum atomic E-state index is 9.53. The van der Waals surface area contributed by atoms with Crippen molar-refractivity contribution in [2.24, 2.45) is 12.8 Å². The molecule has 2 heterocycles. The lowest BCUT2D eigenvalue weighted by molar-refractivity contribution is 0.403. The SMILES string of the molecule is Cn1c(C(N)Cc2ccc(O)c(O)c2)nc2ncccc21. The second kappa shape index (κ2) is 5.06. The van der Waals surface area contributed by atoms with Gasteiger partial charge in [-0.3, -0.25) is 0 Å². The van der Waals surface area contributed by atoms with Crippen molar-refractivity contribution in [2.45, 2.75) is 12.5 Å². The molecule has 0 saturated heterocycles. The molecular weight excluding hydrogens is 268 g/mol. The molecule has 0 saturated carbocycles. The summed E-state index contributed by atoms with van der Waals surface area (Å²) in [6.45, 7) is 0. The smallest absolute Gasteiger partial charge is 0.177 e. The van der Waals surface area contributed by atoms with Gasteiger partial charge in [0.25, 0.3) is 0 Å². The molecule has 1 aromatic carbocycles. The van der Waals surface area contributed by atoms with Gasteiger partial charge in [-0.05, 0) is 36.2 Å². The predicted molar refractivity (Wildman–Crippen MR) is 78.9 cm³/mol. The summed E-state index contributed by atoms with van der Waals surface area (Å²) in [5.41, 5.74) is 8.65. The minimum atomic E-state index is -0.326. The van der Waals surface area contributed by atoms with E-state index >= 15 is 0 Å². The highest BCUT2D eigenvalue weighted by Crippen LogP contribution is 2.27. The van der Waals surface area contributed by atoms with E-state index in [1.54, 1.807) is 12.3 Å². The first-order chi connectivity index (χ1) is 10.1. The molecule has 0 aliphatic rings. The number of pyridine rings is 1. The number of imidazole rings is 1. The fraction of sp³-hybridized carbons (Fsp3) is 0.200. The molecule has 0 radical (unpaired) electrons. The van der Waals surface area contributed by atoms with Crippen molar-refractivity contribution in [3.63, 3.8) is 0 Å². The lowest BCUT2D eigenvalue weighted by Gasteiger charge is -2.12. The van der Waals surface area contributed by atoms with Gasteiger partial charge in [0.15, 0.2) is 17.1 Å². The van der Waals surface area contributed by atoms with Gasteiger partial charge in [-0.2, -0.15) is 0 Å². The molecule has 1 atom stereocenters. The highest BCUT2D eigenvalue weighted by Gasteiger charge is 2.16. The first-order valence-corrected chi connectivity index (χ1v) is 6.60. The molecule has 6 nitrogen and oxygen atoms in total. The quantitative estimate of drug-likeness (QED) is 0.635. The molecule has 6 heteroatoms. The normalized spacial score (nSPS) is 12.7. The van der Waals surface area contributed by atoms with Crippen molar-refractivity contribution in [3.8, 4) is 11.5 Å². The van der Waals surface area contributed by atoms with Crippen LogP contribution in [0.2, 0.25) is 0 Å². The van der Waals surface area contributed by atoms with Gasteiger partial charge in [0, 0.05) is 13.2 Å². The Labute approximate surface area is 121 Å². The lowest BCUT2D eigenvalue weighted by Crippen LogP contribution is -2.17. The second-order valence-corrected chi connectivity index (χ2v) is 5.01. The number of nitrogens with zero attached hydrogens (tertiary/aromatic N) is 3. The van der Waals surface area contributed by atoms with E-state index < -0.39 is 0 Å². The van der Waals surface area contributed by atoms with Crippen LogP contribution in [-0.4, -0.2) is 24.7 Å². The van der Waals surface area contributed by atoms with Crippen LogP contribution in [0.3, 0.4) is 0 Å². The topological polar surface area (TPSA) is 97.2 Å². The number of aryl methyl sites for hydroxylation is 1. The Morgan fingerprint density at radius 2 is 2.05 bits per heavy atom. The van der Waals surface area contributed by atoms with E-state index in [-0.39, 0.29) is 17.5 Å². The van der Waals surface area contributed by atoms with Crippen LogP contribution in [-0.2, 0) is 13.5 Å². The zero-order chi connectivity index (χ0) is 15.0. The van der Waals surface area contributed by atoms with Gasteiger partial charge >= 0.3 is 0 Å². The van der Waals surface area contributed by atoms with Crippen LogP contribution in [0.5, 0.6) is 11.5 Å². The molecule has 0 bridgehead atoms. The Kier molecular flexibility index (Phi) is 3.23. The van der Waals surface area contributed by atoms with Gasteiger partial charge < -0.3 is 20.5 Å². The zero-order valence-corrected chi connectivity index (χ0v) is 11.6. The molecule has 0 amide bonds. The maximum Gasteiger partial charge on any atom is 0.177 e. The predicted octanol–water partition coefficient (Wildman–Crippen LogP) is 1.62. The molecule has 3 aromatic rings. The fourth-order valence-electron chi connectivity index (χ4n) is 2.42. The maximum absolute atomic E-state index is 9.53. The number of aromatic nitrogens is 3. The summed E-state index contributed by atoms with van der Waals surface area (Å²) in [7, 11) is 1.90. The molecule has 108 valence electrons. The lowest BCUT2D eigenvalue weighted by atomic mass is 10.1. The minimum absolute atomic E-state index is 0.140. The van der Waals surface area contributed by atoms with Gasteiger partial charge in [-0.15, -0.1) is 0 Å². The summed E-state index contributed by atoms with van der Waals surface area (Å²) in [6, 6.07) is 8.17. The molecule has 0 aliphatic carbocycles. The van der Waals surface area contributed by atoms with Crippen molar-refractivity contribution < 1.29 is 10.2 Å². The molecule has 4 N–H and O–H groups in total. The number of aromatic hydroxyl groups is 2. The number of hydrogen-bond acceptors (Lipinski definition) is 5. The highest BCUT2D eigenvalue weighted by molar-refractivity contribution is 5.71. The Morgan fingerprint density at radius 1 is 1.24 bits per heavy atom. The van der Waals surface area contributed by atoms with Crippen LogP contribution in [0.15, 0.2) is 36.5 Å². The van der Waals surface area contributed by atoms with Crippen LogP contribution in [0.25, 0.3) is 11.2 Å². The van der Waals surface area contributed by atoms with E-state index in [1.807, 2.05) is 23.7 Å².